The Labute approximate surface area is 72.2 Å². The third kappa shape index (κ3) is 1.26. The van der Waals surface area contributed by atoms with E-state index in [0.717, 1.165) is 12.1 Å². The summed E-state index contributed by atoms with van der Waals surface area (Å²) in [5, 5.41) is 0. The molecule has 1 aromatic carbocycles. The average Bonchev–Trinajstić information content (AvgIpc) is 2.28. The van der Waals surface area contributed by atoms with E-state index in [2.05, 4.69) is 24.3 Å². The Morgan fingerprint density at radius 1 is 1.17 bits per heavy atom. The molecule has 0 aromatic heterocycles. The first kappa shape index (κ1) is 7.17. The predicted octanol–water partition coefficient (Wildman–Crippen LogP) is 2.39. The standard InChI is InChI=1S/C11H11N/c12-11-7-6-9-4-2-1-3-5-10(9)8-11/h1-3,5-8H,4,12H2. The topological polar surface area (TPSA) is 26.0 Å². The highest BCUT2D eigenvalue weighted by Gasteiger charge is 1.99. The van der Waals surface area contributed by atoms with E-state index in [-0.39, 0.29) is 0 Å². The average molecular weight is 157 g/mol. The summed E-state index contributed by atoms with van der Waals surface area (Å²) in [7, 11) is 0. The molecule has 2 rings (SSSR count). The van der Waals surface area contributed by atoms with Gasteiger partial charge in [-0.05, 0) is 29.7 Å². The zero-order chi connectivity index (χ0) is 8.39. The van der Waals surface area contributed by atoms with E-state index in [0.29, 0.717) is 0 Å². The fourth-order valence-electron chi connectivity index (χ4n) is 1.39. The quantitative estimate of drug-likeness (QED) is 0.575. The van der Waals surface area contributed by atoms with Crippen LogP contribution in [-0.4, -0.2) is 0 Å². The first-order valence-electron chi connectivity index (χ1n) is 4.08. The minimum Gasteiger partial charge on any atom is -0.399 e. The third-order valence-corrected chi connectivity index (χ3v) is 2.03. The van der Waals surface area contributed by atoms with Gasteiger partial charge in [0.25, 0.3) is 0 Å². The number of fused-ring (bicyclic) bond motifs is 1. The number of allylic oxidation sites excluding steroid dienone is 3. The molecule has 0 saturated heterocycles. The summed E-state index contributed by atoms with van der Waals surface area (Å²) >= 11 is 0. The lowest BCUT2D eigenvalue weighted by Crippen LogP contribution is -1.90. The molecule has 12 heavy (non-hydrogen) atoms. The van der Waals surface area contributed by atoms with Crippen molar-refractivity contribution in [2.45, 2.75) is 6.42 Å². The van der Waals surface area contributed by atoms with E-state index < -0.39 is 0 Å². The zero-order valence-corrected chi connectivity index (χ0v) is 6.83. The summed E-state index contributed by atoms with van der Waals surface area (Å²) in [6.45, 7) is 0. The summed E-state index contributed by atoms with van der Waals surface area (Å²) in [6, 6.07) is 6.05. The number of benzene rings is 1. The molecule has 1 aromatic rings. The Balaban J connectivity index is 2.53. The molecule has 1 heteroatoms. The van der Waals surface area contributed by atoms with Crippen molar-refractivity contribution in [2.24, 2.45) is 0 Å². The van der Waals surface area contributed by atoms with E-state index in [9.17, 15) is 0 Å². The minimum absolute atomic E-state index is 0.834. The van der Waals surface area contributed by atoms with Crippen molar-refractivity contribution in [1.29, 1.82) is 0 Å². The van der Waals surface area contributed by atoms with Crippen molar-refractivity contribution in [3.05, 3.63) is 47.6 Å². The van der Waals surface area contributed by atoms with Crippen molar-refractivity contribution < 1.29 is 0 Å². The first-order valence-corrected chi connectivity index (χ1v) is 4.08. The van der Waals surface area contributed by atoms with Gasteiger partial charge in [-0.25, -0.2) is 0 Å². The Hall–Kier alpha value is -1.50. The monoisotopic (exact) mass is 157 g/mol. The molecular weight excluding hydrogens is 146 g/mol. The van der Waals surface area contributed by atoms with E-state index in [1.807, 2.05) is 18.2 Å². The van der Waals surface area contributed by atoms with E-state index in [1.165, 1.54) is 11.1 Å². The van der Waals surface area contributed by atoms with Crippen LogP contribution in [-0.2, 0) is 6.42 Å². The van der Waals surface area contributed by atoms with Crippen LogP contribution in [0.25, 0.3) is 6.08 Å². The van der Waals surface area contributed by atoms with Gasteiger partial charge in [0, 0.05) is 5.69 Å². The molecule has 0 saturated carbocycles. The molecule has 0 unspecified atom stereocenters. The lowest BCUT2D eigenvalue weighted by Gasteiger charge is -2.02. The second kappa shape index (κ2) is 2.86. The minimum atomic E-state index is 0.834. The summed E-state index contributed by atoms with van der Waals surface area (Å²) in [4.78, 5) is 0. The van der Waals surface area contributed by atoms with Crippen LogP contribution in [0.4, 0.5) is 5.69 Å². The summed E-state index contributed by atoms with van der Waals surface area (Å²) in [5.41, 5.74) is 9.09. The van der Waals surface area contributed by atoms with Gasteiger partial charge in [0.2, 0.25) is 0 Å². The maximum atomic E-state index is 5.68. The highest BCUT2D eigenvalue weighted by atomic mass is 14.5. The summed E-state index contributed by atoms with van der Waals surface area (Å²) in [5.74, 6) is 0. The van der Waals surface area contributed by atoms with Gasteiger partial charge < -0.3 is 5.73 Å². The van der Waals surface area contributed by atoms with Gasteiger partial charge in [0.15, 0.2) is 0 Å². The molecule has 2 N–H and O–H groups in total. The molecular formula is C11H11N. The molecule has 1 aliphatic rings. The van der Waals surface area contributed by atoms with Crippen LogP contribution in [0.5, 0.6) is 0 Å². The highest BCUT2D eigenvalue weighted by Crippen LogP contribution is 2.18. The molecule has 0 amide bonds. The molecule has 60 valence electrons. The molecule has 0 fully saturated rings. The molecule has 0 bridgehead atoms. The van der Waals surface area contributed by atoms with E-state index in [1.54, 1.807) is 0 Å². The smallest absolute Gasteiger partial charge is 0.0320 e. The van der Waals surface area contributed by atoms with Crippen LogP contribution in [0.1, 0.15) is 11.1 Å². The Kier molecular flexibility index (Phi) is 1.71. The van der Waals surface area contributed by atoms with Gasteiger partial charge in [-0.3, -0.25) is 0 Å². The molecule has 0 spiro atoms. The van der Waals surface area contributed by atoms with Crippen LogP contribution in [0.15, 0.2) is 36.4 Å². The number of nitrogens with two attached hydrogens (primary N) is 1. The lowest BCUT2D eigenvalue weighted by molar-refractivity contribution is 1.27. The van der Waals surface area contributed by atoms with Crippen LogP contribution in [0.3, 0.4) is 0 Å². The Morgan fingerprint density at radius 2 is 2.08 bits per heavy atom. The zero-order valence-electron chi connectivity index (χ0n) is 6.83. The number of hydrogen-bond donors (Lipinski definition) is 1. The normalized spacial score (nSPS) is 14.0. The molecule has 0 heterocycles. The van der Waals surface area contributed by atoms with Gasteiger partial charge in [-0.15, -0.1) is 0 Å². The maximum Gasteiger partial charge on any atom is 0.0320 e. The molecule has 0 atom stereocenters. The number of nitrogen functional groups attached to an aromatic ring is 1. The Bertz CT molecular complexity index is 348. The Morgan fingerprint density at radius 3 is 3.00 bits per heavy atom. The van der Waals surface area contributed by atoms with Crippen molar-refractivity contribution >= 4 is 11.8 Å². The lowest BCUT2D eigenvalue weighted by atomic mass is 10.0. The van der Waals surface area contributed by atoms with Gasteiger partial charge >= 0.3 is 0 Å². The van der Waals surface area contributed by atoms with E-state index in [4.69, 9.17) is 5.73 Å². The molecule has 0 aliphatic heterocycles. The molecule has 1 aliphatic carbocycles. The third-order valence-electron chi connectivity index (χ3n) is 2.03. The SMILES string of the molecule is Nc1ccc2c(c1)C=CC=CC2. The van der Waals surface area contributed by atoms with Crippen molar-refractivity contribution in [1.82, 2.24) is 0 Å². The van der Waals surface area contributed by atoms with Gasteiger partial charge in [0.1, 0.15) is 0 Å². The highest BCUT2D eigenvalue weighted by molar-refractivity contribution is 5.62. The second-order valence-corrected chi connectivity index (χ2v) is 2.95. The number of hydrogen-bond acceptors (Lipinski definition) is 1. The maximum absolute atomic E-state index is 5.68. The van der Waals surface area contributed by atoms with Crippen LogP contribution in [0, 0.1) is 0 Å². The fourth-order valence-corrected chi connectivity index (χ4v) is 1.39. The number of anilines is 1. The van der Waals surface area contributed by atoms with Crippen LogP contribution in [0.2, 0.25) is 0 Å². The first-order chi connectivity index (χ1) is 5.86. The number of rotatable bonds is 0. The van der Waals surface area contributed by atoms with Crippen molar-refractivity contribution in [2.75, 3.05) is 5.73 Å². The van der Waals surface area contributed by atoms with Gasteiger partial charge in [-0.2, -0.15) is 0 Å². The van der Waals surface area contributed by atoms with Crippen LogP contribution >= 0.6 is 0 Å². The van der Waals surface area contributed by atoms with Crippen molar-refractivity contribution in [3.63, 3.8) is 0 Å². The predicted molar refractivity (Wildman–Crippen MR) is 52.7 cm³/mol. The van der Waals surface area contributed by atoms with Gasteiger partial charge in [0.05, 0.1) is 0 Å². The van der Waals surface area contributed by atoms with Gasteiger partial charge in [-0.1, -0.05) is 30.4 Å². The van der Waals surface area contributed by atoms with Crippen molar-refractivity contribution in [3.8, 4) is 0 Å². The largest absolute Gasteiger partial charge is 0.399 e. The molecule has 1 nitrogen and oxygen atoms in total. The van der Waals surface area contributed by atoms with Crippen LogP contribution < -0.4 is 5.73 Å². The second-order valence-electron chi connectivity index (χ2n) is 2.95. The summed E-state index contributed by atoms with van der Waals surface area (Å²) in [6.07, 6.45) is 9.36. The van der Waals surface area contributed by atoms with E-state index >= 15 is 0 Å². The summed E-state index contributed by atoms with van der Waals surface area (Å²) < 4.78 is 0. The molecule has 0 radical (unpaired) electrons. The fraction of sp³-hybridized carbons (Fsp3) is 0.0909.